The van der Waals surface area contributed by atoms with Gasteiger partial charge in [-0.2, -0.15) is 0 Å². The molecular weight excluding hydrogens is 198 g/mol. The third kappa shape index (κ3) is 3.24. The predicted octanol–water partition coefficient (Wildman–Crippen LogP) is 2.99. The quantitative estimate of drug-likeness (QED) is 0.784. The summed E-state index contributed by atoms with van der Waals surface area (Å²) in [6, 6.07) is 11.5. The minimum Gasteiger partial charge on any atom is -0.497 e. The molecule has 2 bridgehead atoms. The number of hydrogen-bond acceptors (Lipinski definition) is 2. The Balaban J connectivity index is 0.000000120. The molecule has 1 aromatic carbocycles. The summed E-state index contributed by atoms with van der Waals surface area (Å²) in [7, 11) is 1.66. The van der Waals surface area contributed by atoms with Gasteiger partial charge in [0.05, 0.1) is 7.11 Å². The molecule has 1 N–H and O–H groups in total. The predicted molar refractivity (Wildman–Crippen MR) is 66.8 cm³/mol. The highest BCUT2D eigenvalue weighted by atomic mass is 16.5. The maximum atomic E-state index is 4.91. The zero-order chi connectivity index (χ0) is 11.2. The normalized spacial score (nSPS) is 26.8. The summed E-state index contributed by atoms with van der Waals surface area (Å²) in [5.74, 6) is 0.910. The zero-order valence-corrected chi connectivity index (χ0v) is 9.99. The van der Waals surface area contributed by atoms with Gasteiger partial charge in [0.15, 0.2) is 0 Å². The molecule has 2 saturated heterocycles. The minimum atomic E-state index is 0.910. The van der Waals surface area contributed by atoms with Crippen LogP contribution in [0.15, 0.2) is 30.3 Å². The lowest BCUT2D eigenvalue weighted by atomic mass is 9.96. The van der Waals surface area contributed by atoms with E-state index in [0.717, 1.165) is 17.8 Å². The largest absolute Gasteiger partial charge is 0.497 e. The fourth-order valence-corrected chi connectivity index (χ4v) is 2.39. The van der Waals surface area contributed by atoms with Crippen molar-refractivity contribution >= 4 is 0 Å². The van der Waals surface area contributed by atoms with Crippen molar-refractivity contribution in [3.63, 3.8) is 0 Å². The van der Waals surface area contributed by atoms with E-state index in [1.165, 1.54) is 32.1 Å². The molecule has 3 aliphatic rings. The Bertz CT molecular complexity index is 277. The second kappa shape index (κ2) is 5.90. The average Bonchev–Trinajstić information content (AvgIpc) is 2.66. The van der Waals surface area contributed by atoms with Crippen molar-refractivity contribution < 1.29 is 4.74 Å². The number of benzene rings is 1. The first-order valence-electron chi connectivity index (χ1n) is 6.23. The Hall–Kier alpha value is -1.02. The maximum absolute atomic E-state index is 4.91. The van der Waals surface area contributed by atoms with Gasteiger partial charge in [0.25, 0.3) is 0 Å². The van der Waals surface area contributed by atoms with Crippen LogP contribution in [-0.4, -0.2) is 19.2 Å². The molecule has 1 saturated carbocycles. The van der Waals surface area contributed by atoms with Gasteiger partial charge in [0, 0.05) is 12.1 Å². The van der Waals surface area contributed by atoms with Crippen LogP contribution in [0.3, 0.4) is 0 Å². The number of para-hydroxylation sites is 1. The topological polar surface area (TPSA) is 21.3 Å². The van der Waals surface area contributed by atoms with E-state index < -0.39 is 0 Å². The number of fused-ring (bicyclic) bond motifs is 3. The molecular formula is C14H21NO. The van der Waals surface area contributed by atoms with Gasteiger partial charge < -0.3 is 10.1 Å². The Kier molecular flexibility index (Phi) is 4.23. The third-order valence-corrected chi connectivity index (χ3v) is 3.37. The SMILES string of the molecule is C1CC[C@H]2C[C@@H](C1)N2.COc1ccccc1. The summed E-state index contributed by atoms with van der Waals surface area (Å²) in [6.45, 7) is 0. The Morgan fingerprint density at radius 3 is 2.06 bits per heavy atom. The molecule has 0 radical (unpaired) electrons. The molecule has 4 rings (SSSR count). The number of ether oxygens (including phenoxy) is 1. The second-order valence-electron chi connectivity index (χ2n) is 4.60. The summed E-state index contributed by atoms with van der Waals surface area (Å²) >= 11 is 0. The van der Waals surface area contributed by atoms with E-state index in [9.17, 15) is 0 Å². The van der Waals surface area contributed by atoms with E-state index in [1.54, 1.807) is 7.11 Å². The molecule has 1 aromatic rings. The lowest BCUT2D eigenvalue weighted by molar-refractivity contribution is 0.269. The number of hydrogen-bond donors (Lipinski definition) is 1. The molecule has 2 heterocycles. The molecule has 1 aliphatic carbocycles. The van der Waals surface area contributed by atoms with Crippen LogP contribution in [0, 0.1) is 0 Å². The Labute approximate surface area is 98.0 Å². The summed E-state index contributed by atoms with van der Waals surface area (Å²) in [4.78, 5) is 0. The van der Waals surface area contributed by atoms with Gasteiger partial charge in [-0.15, -0.1) is 0 Å². The Morgan fingerprint density at radius 1 is 1.06 bits per heavy atom. The number of rotatable bonds is 1. The second-order valence-corrected chi connectivity index (χ2v) is 4.60. The van der Waals surface area contributed by atoms with Gasteiger partial charge in [-0.1, -0.05) is 31.0 Å². The maximum Gasteiger partial charge on any atom is 0.118 e. The van der Waals surface area contributed by atoms with E-state index in [-0.39, 0.29) is 0 Å². The van der Waals surface area contributed by atoms with Crippen LogP contribution in [0.1, 0.15) is 32.1 Å². The summed E-state index contributed by atoms with van der Waals surface area (Å²) in [6.07, 6.45) is 7.29. The van der Waals surface area contributed by atoms with Gasteiger partial charge in [-0.05, 0) is 31.4 Å². The van der Waals surface area contributed by atoms with Gasteiger partial charge in [-0.3, -0.25) is 0 Å². The zero-order valence-electron chi connectivity index (χ0n) is 9.99. The molecule has 2 nitrogen and oxygen atoms in total. The highest BCUT2D eigenvalue weighted by Gasteiger charge is 2.29. The molecule has 2 heteroatoms. The third-order valence-electron chi connectivity index (χ3n) is 3.37. The van der Waals surface area contributed by atoms with Crippen molar-refractivity contribution in [1.29, 1.82) is 0 Å². The van der Waals surface area contributed by atoms with Crippen molar-refractivity contribution in [3.05, 3.63) is 30.3 Å². The van der Waals surface area contributed by atoms with Crippen LogP contribution in [-0.2, 0) is 0 Å². The van der Waals surface area contributed by atoms with Crippen molar-refractivity contribution in [2.75, 3.05) is 7.11 Å². The highest BCUT2D eigenvalue weighted by molar-refractivity contribution is 5.20. The van der Waals surface area contributed by atoms with Crippen LogP contribution in [0.25, 0.3) is 0 Å². The van der Waals surface area contributed by atoms with Crippen molar-refractivity contribution in [3.8, 4) is 5.75 Å². The smallest absolute Gasteiger partial charge is 0.118 e. The van der Waals surface area contributed by atoms with Gasteiger partial charge >= 0.3 is 0 Å². The molecule has 88 valence electrons. The van der Waals surface area contributed by atoms with Crippen molar-refractivity contribution in [1.82, 2.24) is 5.32 Å². The van der Waals surface area contributed by atoms with Crippen LogP contribution in [0.5, 0.6) is 5.75 Å². The lowest BCUT2D eigenvalue weighted by Crippen LogP contribution is -2.50. The molecule has 0 amide bonds. The number of methoxy groups -OCH3 is 1. The summed E-state index contributed by atoms with van der Waals surface area (Å²) in [5.41, 5.74) is 0. The summed E-state index contributed by atoms with van der Waals surface area (Å²) < 4.78 is 4.91. The Morgan fingerprint density at radius 2 is 1.62 bits per heavy atom. The van der Waals surface area contributed by atoms with E-state index in [4.69, 9.17) is 4.74 Å². The van der Waals surface area contributed by atoms with Crippen LogP contribution in [0.4, 0.5) is 0 Å². The van der Waals surface area contributed by atoms with Crippen LogP contribution >= 0.6 is 0 Å². The van der Waals surface area contributed by atoms with Gasteiger partial charge in [0.1, 0.15) is 5.75 Å². The van der Waals surface area contributed by atoms with E-state index in [1.807, 2.05) is 30.3 Å². The fraction of sp³-hybridized carbons (Fsp3) is 0.571. The van der Waals surface area contributed by atoms with E-state index >= 15 is 0 Å². The molecule has 0 spiro atoms. The first-order chi connectivity index (χ1) is 7.88. The monoisotopic (exact) mass is 219 g/mol. The molecule has 0 aromatic heterocycles. The fourth-order valence-electron chi connectivity index (χ4n) is 2.39. The minimum absolute atomic E-state index is 0.910. The van der Waals surface area contributed by atoms with Crippen LogP contribution in [0.2, 0.25) is 0 Å². The lowest BCUT2D eigenvalue weighted by Gasteiger charge is -2.34. The first-order valence-corrected chi connectivity index (χ1v) is 6.23. The standard InChI is InChI=1S/C7H13N.C7H8O/c1-2-4-7-5-6(3-1)8-7;1-8-7-5-3-2-4-6-7/h6-8H,1-5H2;2-6H,1H3/t6-,7+;. The van der Waals surface area contributed by atoms with Gasteiger partial charge in [0.2, 0.25) is 0 Å². The highest BCUT2D eigenvalue weighted by Crippen LogP contribution is 2.26. The molecule has 2 atom stereocenters. The van der Waals surface area contributed by atoms with E-state index in [0.29, 0.717) is 0 Å². The average molecular weight is 219 g/mol. The first kappa shape index (κ1) is 11.5. The van der Waals surface area contributed by atoms with E-state index in [2.05, 4.69) is 5.32 Å². The molecule has 3 fully saturated rings. The van der Waals surface area contributed by atoms with Crippen LogP contribution < -0.4 is 10.1 Å². The molecule has 0 unspecified atom stereocenters. The summed E-state index contributed by atoms with van der Waals surface area (Å²) in [5, 5.41) is 3.54. The number of nitrogens with one attached hydrogen (secondary N) is 1. The molecule has 2 aliphatic heterocycles. The van der Waals surface area contributed by atoms with Crippen molar-refractivity contribution in [2.45, 2.75) is 44.2 Å². The molecule has 16 heavy (non-hydrogen) atoms. The van der Waals surface area contributed by atoms with Crippen molar-refractivity contribution in [2.24, 2.45) is 0 Å². The van der Waals surface area contributed by atoms with Gasteiger partial charge in [-0.25, -0.2) is 0 Å².